The summed E-state index contributed by atoms with van der Waals surface area (Å²) in [5.74, 6) is 0.393. The van der Waals surface area contributed by atoms with E-state index in [0.717, 1.165) is 16.5 Å². The third kappa shape index (κ3) is 3.29. The molecule has 21 heavy (non-hydrogen) atoms. The second-order valence-corrected chi connectivity index (χ2v) is 6.31. The monoisotopic (exact) mass is 301 g/mol. The first-order valence-electron chi connectivity index (χ1n) is 7.18. The predicted molar refractivity (Wildman–Crippen MR) is 85.8 cm³/mol. The summed E-state index contributed by atoms with van der Waals surface area (Å²) in [6.45, 7) is 4.14. The Hall–Kier alpha value is -1.75. The summed E-state index contributed by atoms with van der Waals surface area (Å²) in [6, 6.07) is 10.1. The maximum Gasteiger partial charge on any atom is 0.234 e. The number of anilines is 1. The maximum absolute atomic E-state index is 12.0. The summed E-state index contributed by atoms with van der Waals surface area (Å²) in [5.41, 5.74) is 3.12. The Labute approximate surface area is 129 Å². The molecular formula is C16H19N3OS. The molecule has 1 amide bonds. The molecule has 0 radical (unpaired) electrons. The van der Waals surface area contributed by atoms with Crippen LogP contribution in [0.1, 0.15) is 30.3 Å². The van der Waals surface area contributed by atoms with Crippen molar-refractivity contribution in [3.8, 4) is 0 Å². The average Bonchev–Trinajstić information content (AvgIpc) is 3.26. The number of hydrogen-bond donors (Lipinski definition) is 1. The standard InChI is InChI=1S/C16H19N3OS/c1-11-12(2)19(14-8-9-14)16(17-11)21-10-15(20)18-13-6-4-3-5-7-13/h3-7,14H,8-10H2,1-2H3,(H,18,20). The Balaban J connectivity index is 1.63. The molecule has 0 saturated heterocycles. The summed E-state index contributed by atoms with van der Waals surface area (Å²) >= 11 is 1.52. The molecule has 0 spiro atoms. The molecule has 5 heteroatoms. The van der Waals surface area contributed by atoms with Crippen LogP contribution in [0.15, 0.2) is 35.5 Å². The first-order chi connectivity index (χ1) is 10.1. The topological polar surface area (TPSA) is 46.9 Å². The van der Waals surface area contributed by atoms with Gasteiger partial charge in [0.25, 0.3) is 0 Å². The Kier molecular flexibility index (Phi) is 4.01. The third-order valence-corrected chi connectivity index (χ3v) is 4.61. The Bertz CT molecular complexity index is 647. The minimum absolute atomic E-state index is 0.00635. The van der Waals surface area contributed by atoms with Gasteiger partial charge in [0.1, 0.15) is 0 Å². The minimum Gasteiger partial charge on any atom is -0.325 e. The highest BCUT2D eigenvalue weighted by molar-refractivity contribution is 7.99. The van der Waals surface area contributed by atoms with Crippen molar-refractivity contribution in [2.45, 2.75) is 37.9 Å². The van der Waals surface area contributed by atoms with Crippen LogP contribution in [0.3, 0.4) is 0 Å². The highest BCUT2D eigenvalue weighted by Gasteiger charge is 2.28. The second kappa shape index (κ2) is 5.93. The Morgan fingerprint density at radius 1 is 1.33 bits per heavy atom. The van der Waals surface area contributed by atoms with Gasteiger partial charge in [-0.2, -0.15) is 0 Å². The van der Waals surface area contributed by atoms with Crippen molar-refractivity contribution in [2.24, 2.45) is 0 Å². The highest BCUT2D eigenvalue weighted by atomic mass is 32.2. The normalized spacial score (nSPS) is 14.2. The van der Waals surface area contributed by atoms with Crippen LogP contribution in [0.25, 0.3) is 0 Å². The Morgan fingerprint density at radius 2 is 2.05 bits per heavy atom. The molecule has 1 aromatic carbocycles. The zero-order valence-electron chi connectivity index (χ0n) is 12.3. The number of nitrogens with zero attached hydrogens (tertiary/aromatic N) is 2. The summed E-state index contributed by atoms with van der Waals surface area (Å²) < 4.78 is 2.29. The van der Waals surface area contributed by atoms with E-state index in [-0.39, 0.29) is 5.91 Å². The van der Waals surface area contributed by atoms with Gasteiger partial charge in [0, 0.05) is 17.4 Å². The molecule has 1 aliphatic carbocycles. The van der Waals surface area contributed by atoms with E-state index >= 15 is 0 Å². The zero-order chi connectivity index (χ0) is 14.8. The van der Waals surface area contributed by atoms with Crippen LogP contribution in [-0.4, -0.2) is 21.2 Å². The molecule has 1 heterocycles. The molecule has 0 aliphatic heterocycles. The van der Waals surface area contributed by atoms with E-state index in [1.54, 1.807) is 0 Å². The molecule has 0 atom stereocenters. The van der Waals surface area contributed by atoms with Crippen molar-refractivity contribution in [3.63, 3.8) is 0 Å². The second-order valence-electron chi connectivity index (χ2n) is 5.37. The molecule has 4 nitrogen and oxygen atoms in total. The van der Waals surface area contributed by atoms with Gasteiger partial charge >= 0.3 is 0 Å². The van der Waals surface area contributed by atoms with Crippen LogP contribution in [0, 0.1) is 13.8 Å². The van der Waals surface area contributed by atoms with Gasteiger partial charge in [0.15, 0.2) is 5.16 Å². The molecule has 3 rings (SSSR count). The van der Waals surface area contributed by atoms with Crippen molar-refractivity contribution in [3.05, 3.63) is 41.7 Å². The fraction of sp³-hybridized carbons (Fsp3) is 0.375. The quantitative estimate of drug-likeness (QED) is 0.859. The van der Waals surface area contributed by atoms with E-state index < -0.39 is 0 Å². The van der Waals surface area contributed by atoms with Gasteiger partial charge in [-0.05, 0) is 38.8 Å². The molecule has 1 aromatic heterocycles. The van der Waals surface area contributed by atoms with Crippen molar-refractivity contribution < 1.29 is 4.79 Å². The number of para-hydroxylation sites is 1. The van der Waals surface area contributed by atoms with E-state index in [1.807, 2.05) is 37.3 Å². The van der Waals surface area contributed by atoms with Gasteiger partial charge < -0.3 is 9.88 Å². The first-order valence-corrected chi connectivity index (χ1v) is 8.17. The van der Waals surface area contributed by atoms with Crippen LogP contribution >= 0.6 is 11.8 Å². The SMILES string of the molecule is Cc1nc(SCC(=O)Nc2ccccc2)n(C2CC2)c1C. The molecule has 110 valence electrons. The van der Waals surface area contributed by atoms with Crippen molar-refractivity contribution >= 4 is 23.4 Å². The fourth-order valence-electron chi connectivity index (χ4n) is 2.31. The number of hydrogen-bond acceptors (Lipinski definition) is 3. The molecule has 1 fully saturated rings. The maximum atomic E-state index is 12.0. The summed E-state index contributed by atoms with van der Waals surface area (Å²) in [5, 5.41) is 3.87. The van der Waals surface area contributed by atoms with Crippen LogP contribution in [0.5, 0.6) is 0 Å². The smallest absolute Gasteiger partial charge is 0.234 e. The Morgan fingerprint density at radius 3 is 2.71 bits per heavy atom. The number of aromatic nitrogens is 2. The van der Waals surface area contributed by atoms with Gasteiger partial charge in [-0.25, -0.2) is 4.98 Å². The molecule has 0 unspecified atom stereocenters. The van der Waals surface area contributed by atoms with Crippen LogP contribution < -0.4 is 5.32 Å². The first kappa shape index (κ1) is 14.2. The van der Waals surface area contributed by atoms with Gasteiger partial charge in [0.05, 0.1) is 11.4 Å². The van der Waals surface area contributed by atoms with Crippen molar-refractivity contribution in [1.29, 1.82) is 0 Å². The van der Waals surface area contributed by atoms with Crippen molar-refractivity contribution in [1.82, 2.24) is 9.55 Å². The summed E-state index contributed by atoms with van der Waals surface area (Å²) in [6.07, 6.45) is 2.45. The lowest BCUT2D eigenvalue weighted by atomic mass is 10.3. The third-order valence-electron chi connectivity index (χ3n) is 3.66. The lowest BCUT2D eigenvalue weighted by Crippen LogP contribution is -2.14. The number of thioether (sulfide) groups is 1. The molecule has 1 saturated carbocycles. The van der Waals surface area contributed by atoms with Gasteiger partial charge in [0.2, 0.25) is 5.91 Å². The number of imidazole rings is 1. The largest absolute Gasteiger partial charge is 0.325 e. The zero-order valence-corrected chi connectivity index (χ0v) is 13.1. The van der Waals surface area contributed by atoms with Crippen LogP contribution in [-0.2, 0) is 4.79 Å². The number of benzene rings is 1. The molecule has 1 N–H and O–H groups in total. The van der Waals surface area contributed by atoms with E-state index in [9.17, 15) is 4.79 Å². The summed E-state index contributed by atoms with van der Waals surface area (Å²) in [4.78, 5) is 16.6. The number of aryl methyl sites for hydroxylation is 1. The van der Waals surface area contributed by atoms with Crippen molar-refractivity contribution in [2.75, 3.05) is 11.1 Å². The van der Waals surface area contributed by atoms with Gasteiger partial charge in [-0.15, -0.1) is 0 Å². The van der Waals surface area contributed by atoms with E-state index in [0.29, 0.717) is 11.8 Å². The summed E-state index contributed by atoms with van der Waals surface area (Å²) in [7, 11) is 0. The number of rotatable bonds is 5. The van der Waals surface area contributed by atoms with Crippen LogP contribution in [0.4, 0.5) is 5.69 Å². The van der Waals surface area contributed by atoms with Gasteiger partial charge in [-0.1, -0.05) is 30.0 Å². The molecule has 0 bridgehead atoms. The van der Waals surface area contributed by atoms with Gasteiger partial charge in [-0.3, -0.25) is 4.79 Å². The minimum atomic E-state index is 0.00635. The van der Waals surface area contributed by atoms with E-state index in [4.69, 9.17) is 0 Å². The number of nitrogens with one attached hydrogen (secondary N) is 1. The fourth-order valence-corrected chi connectivity index (χ4v) is 3.27. The number of amides is 1. The molecule has 2 aromatic rings. The highest BCUT2D eigenvalue weighted by Crippen LogP contribution is 2.39. The number of carbonyl (C=O) groups is 1. The predicted octanol–water partition coefficient (Wildman–Crippen LogP) is 3.57. The lowest BCUT2D eigenvalue weighted by molar-refractivity contribution is -0.113. The molecular weight excluding hydrogens is 282 g/mol. The number of carbonyl (C=O) groups excluding carboxylic acids is 1. The lowest BCUT2D eigenvalue weighted by Gasteiger charge is -2.08. The van der Waals surface area contributed by atoms with E-state index in [2.05, 4.69) is 21.8 Å². The average molecular weight is 301 g/mol. The molecule has 1 aliphatic rings. The van der Waals surface area contributed by atoms with Crippen LogP contribution in [0.2, 0.25) is 0 Å². The van der Waals surface area contributed by atoms with E-state index in [1.165, 1.54) is 30.3 Å².